The predicted octanol–water partition coefficient (Wildman–Crippen LogP) is -0.417. The van der Waals surface area contributed by atoms with Crippen LogP contribution in [0.5, 0.6) is 5.75 Å². The van der Waals surface area contributed by atoms with Crippen LogP contribution in [-0.2, 0) is 9.53 Å². The molecule has 26 heavy (non-hydrogen) atoms. The molecule has 4 N–H and O–H groups in total. The molecule has 1 saturated heterocycles. The van der Waals surface area contributed by atoms with Gasteiger partial charge in [0.05, 0.1) is 19.6 Å². The third kappa shape index (κ3) is 4.51. The molecule has 2 aliphatic rings. The van der Waals surface area contributed by atoms with Crippen molar-refractivity contribution in [3.8, 4) is 5.75 Å². The third-order valence-corrected chi connectivity index (χ3v) is 4.61. The Morgan fingerprint density at radius 1 is 1.15 bits per heavy atom. The number of aliphatic hydroxyl groups excluding tert-OH is 2. The van der Waals surface area contributed by atoms with Crippen molar-refractivity contribution in [1.82, 2.24) is 10.6 Å². The smallest absolute Gasteiger partial charge is 0.251 e. The minimum Gasteiger partial charge on any atom is -0.497 e. The van der Waals surface area contributed by atoms with E-state index in [0.717, 1.165) is 12.8 Å². The lowest BCUT2D eigenvalue weighted by atomic mass is 10.1. The van der Waals surface area contributed by atoms with E-state index < -0.39 is 24.4 Å². The summed E-state index contributed by atoms with van der Waals surface area (Å²) in [5, 5.41) is 25.7. The molecule has 8 heteroatoms. The molecule has 1 aliphatic heterocycles. The maximum atomic E-state index is 12.2. The monoisotopic (exact) mass is 364 g/mol. The number of aliphatic hydroxyl groups is 2. The summed E-state index contributed by atoms with van der Waals surface area (Å²) in [5.41, 5.74) is 0.444. The molecule has 1 aromatic rings. The molecule has 0 bridgehead atoms. The lowest BCUT2D eigenvalue weighted by Crippen LogP contribution is -2.40. The van der Waals surface area contributed by atoms with Crippen LogP contribution >= 0.6 is 0 Å². The van der Waals surface area contributed by atoms with Gasteiger partial charge < -0.3 is 30.3 Å². The van der Waals surface area contributed by atoms with Gasteiger partial charge in [0.25, 0.3) is 5.91 Å². The highest BCUT2D eigenvalue weighted by atomic mass is 16.5. The minimum atomic E-state index is -1.16. The molecule has 1 saturated carbocycles. The van der Waals surface area contributed by atoms with Crippen LogP contribution in [0.2, 0.25) is 0 Å². The molecule has 2 fully saturated rings. The normalized spacial score (nSPS) is 27.8. The van der Waals surface area contributed by atoms with Crippen LogP contribution in [0, 0.1) is 0 Å². The van der Waals surface area contributed by atoms with E-state index in [1.165, 1.54) is 0 Å². The predicted molar refractivity (Wildman–Crippen MR) is 91.8 cm³/mol. The van der Waals surface area contributed by atoms with E-state index >= 15 is 0 Å². The first-order valence-electron chi connectivity index (χ1n) is 8.71. The van der Waals surface area contributed by atoms with Gasteiger partial charge in [0.15, 0.2) is 0 Å². The summed E-state index contributed by atoms with van der Waals surface area (Å²) in [7, 11) is 1.54. The average molecular weight is 364 g/mol. The number of ether oxygens (including phenoxy) is 2. The van der Waals surface area contributed by atoms with E-state index in [1.807, 2.05) is 0 Å². The number of carbonyl (C=O) groups excluding carboxylic acids is 2. The van der Waals surface area contributed by atoms with E-state index in [1.54, 1.807) is 31.4 Å². The number of nitrogens with one attached hydrogen (secondary N) is 2. The van der Waals surface area contributed by atoms with Crippen molar-refractivity contribution in [3.05, 3.63) is 29.8 Å². The Kier molecular flexibility index (Phi) is 5.75. The van der Waals surface area contributed by atoms with E-state index in [0.29, 0.717) is 11.3 Å². The zero-order valence-corrected chi connectivity index (χ0v) is 14.6. The summed E-state index contributed by atoms with van der Waals surface area (Å²) in [6.07, 6.45) is -1.95. The second-order valence-electron chi connectivity index (χ2n) is 6.68. The number of hydrogen-bond acceptors (Lipinski definition) is 6. The van der Waals surface area contributed by atoms with Gasteiger partial charge in [-0.05, 0) is 37.1 Å². The molecule has 1 aromatic carbocycles. The molecule has 4 atom stereocenters. The fourth-order valence-corrected chi connectivity index (χ4v) is 2.90. The first-order chi connectivity index (χ1) is 12.5. The fourth-order valence-electron chi connectivity index (χ4n) is 2.90. The number of hydrogen-bond donors (Lipinski definition) is 4. The number of benzene rings is 1. The van der Waals surface area contributed by atoms with Crippen molar-refractivity contribution < 1.29 is 29.3 Å². The van der Waals surface area contributed by atoms with E-state index in [4.69, 9.17) is 9.47 Å². The van der Waals surface area contributed by atoms with Gasteiger partial charge in [-0.1, -0.05) is 0 Å². The van der Waals surface area contributed by atoms with Crippen molar-refractivity contribution >= 4 is 11.8 Å². The van der Waals surface area contributed by atoms with Crippen molar-refractivity contribution in [2.75, 3.05) is 13.7 Å². The van der Waals surface area contributed by atoms with Crippen molar-refractivity contribution in [2.24, 2.45) is 0 Å². The van der Waals surface area contributed by atoms with Crippen LogP contribution in [0.15, 0.2) is 24.3 Å². The molecule has 4 unspecified atom stereocenters. The highest BCUT2D eigenvalue weighted by Gasteiger charge is 2.43. The van der Waals surface area contributed by atoms with Gasteiger partial charge >= 0.3 is 0 Å². The highest BCUT2D eigenvalue weighted by molar-refractivity contribution is 5.94. The van der Waals surface area contributed by atoms with Gasteiger partial charge in [-0.3, -0.25) is 9.59 Å². The number of amides is 2. The zero-order chi connectivity index (χ0) is 18.7. The Morgan fingerprint density at radius 2 is 1.81 bits per heavy atom. The number of methoxy groups -OCH3 is 1. The number of rotatable bonds is 7. The second-order valence-corrected chi connectivity index (χ2v) is 6.68. The summed E-state index contributed by atoms with van der Waals surface area (Å²) in [4.78, 5) is 24.0. The Hall–Kier alpha value is -2.16. The van der Waals surface area contributed by atoms with Crippen LogP contribution in [0.25, 0.3) is 0 Å². The average Bonchev–Trinajstić information content (AvgIpc) is 3.42. The quantitative estimate of drug-likeness (QED) is 0.522. The van der Waals surface area contributed by atoms with Crippen LogP contribution in [0.3, 0.4) is 0 Å². The van der Waals surface area contributed by atoms with E-state index in [2.05, 4.69) is 10.6 Å². The molecule has 8 nitrogen and oxygen atoms in total. The van der Waals surface area contributed by atoms with Gasteiger partial charge in [0.2, 0.25) is 5.91 Å². The number of carbonyl (C=O) groups is 2. The van der Waals surface area contributed by atoms with E-state index in [-0.39, 0.29) is 30.8 Å². The maximum absolute atomic E-state index is 12.2. The van der Waals surface area contributed by atoms with Crippen molar-refractivity contribution in [3.63, 3.8) is 0 Å². The van der Waals surface area contributed by atoms with Gasteiger partial charge in [-0.15, -0.1) is 0 Å². The van der Waals surface area contributed by atoms with Crippen LogP contribution in [-0.4, -0.2) is 66.1 Å². The highest BCUT2D eigenvalue weighted by Crippen LogP contribution is 2.25. The first-order valence-corrected chi connectivity index (χ1v) is 8.71. The van der Waals surface area contributed by atoms with Gasteiger partial charge in [0, 0.05) is 18.2 Å². The molecule has 1 aliphatic carbocycles. The lowest BCUT2D eigenvalue weighted by Gasteiger charge is -2.15. The van der Waals surface area contributed by atoms with Crippen molar-refractivity contribution in [1.29, 1.82) is 0 Å². The fraction of sp³-hybridized carbons (Fsp3) is 0.556. The molecule has 0 aromatic heterocycles. The maximum Gasteiger partial charge on any atom is 0.251 e. The Morgan fingerprint density at radius 3 is 2.42 bits per heavy atom. The van der Waals surface area contributed by atoms with Crippen LogP contribution in [0.1, 0.15) is 29.6 Å². The van der Waals surface area contributed by atoms with Crippen molar-refractivity contribution in [2.45, 2.75) is 49.7 Å². The summed E-state index contributed by atoms with van der Waals surface area (Å²) in [6.45, 7) is 0.0316. The standard InChI is InChI=1S/C18H24N2O6/c1-25-12-6-2-10(3-7-12)18(24)19-9-14-17(23)16(22)13(26-14)8-15(21)20-11-4-5-11/h2-3,6-7,11,13-14,16-17,22-23H,4-5,8-9H2,1H3,(H,19,24)(H,20,21). The molecule has 0 spiro atoms. The third-order valence-electron chi connectivity index (χ3n) is 4.61. The summed E-state index contributed by atoms with van der Waals surface area (Å²) in [5.74, 6) is 0.117. The van der Waals surface area contributed by atoms with E-state index in [9.17, 15) is 19.8 Å². The topological polar surface area (TPSA) is 117 Å². The Labute approximate surface area is 151 Å². The summed E-state index contributed by atoms with van der Waals surface area (Å²) in [6, 6.07) is 6.83. The van der Waals surface area contributed by atoms with Crippen LogP contribution in [0.4, 0.5) is 0 Å². The SMILES string of the molecule is COc1ccc(C(=O)NCC2OC(CC(=O)NC3CC3)C(O)C2O)cc1. The molecule has 2 amide bonds. The summed E-state index contributed by atoms with van der Waals surface area (Å²) < 4.78 is 10.6. The lowest BCUT2D eigenvalue weighted by molar-refractivity contribution is -0.125. The van der Waals surface area contributed by atoms with Gasteiger partial charge in [0.1, 0.15) is 24.1 Å². The molecule has 1 heterocycles. The molecular formula is C18H24N2O6. The first kappa shape index (κ1) is 18.6. The molecular weight excluding hydrogens is 340 g/mol. The molecule has 0 radical (unpaired) electrons. The Balaban J connectivity index is 1.49. The molecule has 142 valence electrons. The zero-order valence-electron chi connectivity index (χ0n) is 14.6. The Bertz CT molecular complexity index is 646. The molecule has 3 rings (SSSR count). The van der Waals surface area contributed by atoms with Crippen LogP contribution < -0.4 is 15.4 Å². The second kappa shape index (κ2) is 8.03. The largest absolute Gasteiger partial charge is 0.497 e. The van der Waals surface area contributed by atoms with Gasteiger partial charge in [-0.25, -0.2) is 0 Å². The minimum absolute atomic E-state index is 0.0162. The summed E-state index contributed by atoms with van der Waals surface area (Å²) >= 11 is 0. The van der Waals surface area contributed by atoms with Gasteiger partial charge in [-0.2, -0.15) is 0 Å².